The second kappa shape index (κ2) is 9.85. The van der Waals surface area contributed by atoms with Crippen LogP contribution < -0.4 is 16.4 Å². The van der Waals surface area contributed by atoms with Gasteiger partial charge in [0.1, 0.15) is 18.2 Å². The zero-order valence-corrected chi connectivity index (χ0v) is 16.4. The highest BCUT2D eigenvalue weighted by Crippen LogP contribution is 2.25. The molecule has 0 aliphatic carbocycles. The third-order valence-electron chi connectivity index (χ3n) is 4.04. The number of nitrogens with zero attached hydrogens (tertiary/aromatic N) is 2. The Kier molecular flexibility index (Phi) is 6.99. The number of benzene rings is 2. The fourth-order valence-electron chi connectivity index (χ4n) is 2.56. The van der Waals surface area contributed by atoms with Gasteiger partial charge in [0.05, 0.1) is 5.52 Å². The minimum Gasteiger partial charge on any atom is -0.480 e. The van der Waals surface area contributed by atoms with Gasteiger partial charge in [0.15, 0.2) is 0 Å². The number of carbonyl (C=O) groups excluding carboxylic acids is 1. The van der Waals surface area contributed by atoms with E-state index in [1.807, 2.05) is 42.5 Å². The predicted molar refractivity (Wildman–Crippen MR) is 115 cm³/mol. The van der Waals surface area contributed by atoms with Gasteiger partial charge in [0.2, 0.25) is 5.91 Å². The lowest BCUT2D eigenvalue weighted by Gasteiger charge is -2.10. The molecule has 1 heterocycles. The van der Waals surface area contributed by atoms with E-state index in [9.17, 15) is 9.59 Å². The van der Waals surface area contributed by atoms with Crippen LogP contribution in [0.15, 0.2) is 54.9 Å². The van der Waals surface area contributed by atoms with Gasteiger partial charge in [0, 0.05) is 34.7 Å². The molecule has 1 aromatic heterocycles. The Morgan fingerprint density at radius 2 is 1.90 bits per heavy atom. The first-order valence-corrected chi connectivity index (χ1v) is 10.1. The highest BCUT2D eigenvalue weighted by atomic mass is 32.2. The monoisotopic (exact) mass is 411 g/mol. The van der Waals surface area contributed by atoms with Crippen molar-refractivity contribution < 1.29 is 14.7 Å². The summed E-state index contributed by atoms with van der Waals surface area (Å²) in [5.74, 6) is 0.209. The van der Waals surface area contributed by atoms with Gasteiger partial charge in [-0.1, -0.05) is 18.2 Å². The molecule has 0 saturated heterocycles. The number of nitrogens with one attached hydrogen (secondary N) is 2. The van der Waals surface area contributed by atoms with E-state index < -0.39 is 12.0 Å². The maximum atomic E-state index is 12.2. The molecule has 0 aliphatic heterocycles. The highest BCUT2D eigenvalue weighted by molar-refractivity contribution is 7.99. The summed E-state index contributed by atoms with van der Waals surface area (Å²) in [6.45, 7) is 0. The maximum Gasteiger partial charge on any atom is 0.321 e. The number of anilines is 3. The van der Waals surface area contributed by atoms with Gasteiger partial charge in [-0.2, -0.15) is 11.8 Å². The van der Waals surface area contributed by atoms with Gasteiger partial charge in [-0.25, -0.2) is 9.97 Å². The standard InChI is InChI=1S/C20H21N5O3S/c21-16(20(27)28)11-29-9-8-18(26)24-14-6-7-17-15(10-14)19(23-12-22-17)25-13-4-2-1-3-5-13/h1-7,10,12,16H,8-9,11,21H2,(H,24,26)(H,27,28)(H,22,23,25)/t16-/m0/s1. The number of amides is 1. The van der Waals surface area contributed by atoms with Crippen LogP contribution in [0.2, 0.25) is 0 Å². The van der Waals surface area contributed by atoms with Crippen LogP contribution >= 0.6 is 11.8 Å². The van der Waals surface area contributed by atoms with Crippen molar-refractivity contribution in [2.75, 3.05) is 22.1 Å². The molecule has 0 unspecified atom stereocenters. The molecule has 5 N–H and O–H groups in total. The average molecular weight is 411 g/mol. The number of aliphatic carboxylic acids is 1. The smallest absolute Gasteiger partial charge is 0.321 e. The summed E-state index contributed by atoms with van der Waals surface area (Å²) in [5, 5.41) is 15.7. The zero-order valence-electron chi connectivity index (χ0n) is 15.5. The third kappa shape index (κ3) is 5.90. The number of para-hydroxylation sites is 1. The fourth-order valence-corrected chi connectivity index (χ4v) is 3.46. The predicted octanol–water partition coefficient (Wildman–Crippen LogP) is 2.85. The van der Waals surface area contributed by atoms with E-state index in [0.29, 0.717) is 17.3 Å². The van der Waals surface area contributed by atoms with Gasteiger partial charge in [-0.15, -0.1) is 0 Å². The molecule has 29 heavy (non-hydrogen) atoms. The zero-order chi connectivity index (χ0) is 20.6. The van der Waals surface area contributed by atoms with E-state index in [1.54, 1.807) is 6.07 Å². The van der Waals surface area contributed by atoms with Crippen molar-refractivity contribution in [2.45, 2.75) is 12.5 Å². The van der Waals surface area contributed by atoms with Crippen LogP contribution in [-0.2, 0) is 9.59 Å². The molecule has 1 amide bonds. The minimum absolute atomic E-state index is 0.157. The quantitative estimate of drug-likeness (QED) is 0.396. The Balaban J connectivity index is 1.63. The number of nitrogens with two attached hydrogens (primary N) is 1. The third-order valence-corrected chi connectivity index (χ3v) is 5.13. The molecule has 0 bridgehead atoms. The summed E-state index contributed by atoms with van der Waals surface area (Å²) in [6, 6.07) is 14.2. The van der Waals surface area contributed by atoms with Gasteiger partial charge >= 0.3 is 5.97 Å². The summed E-state index contributed by atoms with van der Waals surface area (Å²) >= 11 is 1.34. The van der Waals surface area contributed by atoms with E-state index in [1.165, 1.54) is 18.1 Å². The molecule has 0 fully saturated rings. The maximum absolute atomic E-state index is 12.2. The van der Waals surface area contributed by atoms with Gasteiger partial charge in [0.25, 0.3) is 0 Å². The van der Waals surface area contributed by atoms with Crippen molar-refractivity contribution >= 4 is 51.7 Å². The van der Waals surface area contributed by atoms with Crippen LogP contribution in [0.3, 0.4) is 0 Å². The first kappa shape index (κ1) is 20.6. The number of hydrogen-bond donors (Lipinski definition) is 4. The Labute approximate surface area is 171 Å². The number of thioether (sulfide) groups is 1. The SMILES string of the molecule is N[C@@H](CSCCC(=O)Nc1ccc2ncnc(Nc3ccccc3)c2c1)C(=O)O. The second-order valence-electron chi connectivity index (χ2n) is 6.26. The molecule has 150 valence electrons. The number of aromatic nitrogens is 2. The molecular formula is C20H21N5O3S. The molecule has 0 saturated carbocycles. The van der Waals surface area contributed by atoms with E-state index in [0.717, 1.165) is 16.6 Å². The van der Waals surface area contributed by atoms with Crippen molar-refractivity contribution in [1.29, 1.82) is 0 Å². The van der Waals surface area contributed by atoms with Crippen LogP contribution in [-0.4, -0.2) is 44.5 Å². The normalized spacial score (nSPS) is 11.8. The molecule has 0 radical (unpaired) electrons. The molecule has 3 aromatic rings. The van der Waals surface area contributed by atoms with E-state index in [-0.39, 0.29) is 18.1 Å². The highest BCUT2D eigenvalue weighted by Gasteiger charge is 2.12. The molecule has 8 nitrogen and oxygen atoms in total. The lowest BCUT2D eigenvalue weighted by atomic mass is 10.2. The lowest BCUT2D eigenvalue weighted by molar-refractivity contribution is -0.137. The number of carbonyl (C=O) groups is 2. The summed E-state index contributed by atoms with van der Waals surface area (Å²) < 4.78 is 0. The number of fused-ring (bicyclic) bond motifs is 1. The second-order valence-corrected chi connectivity index (χ2v) is 7.41. The lowest BCUT2D eigenvalue weighted by Crippen LogP contribution is -2.32. The van der Waals surface area contributed by atoms with Crippen LogP contribution in [0.25, 0.3) is 10.9 Å². The van der Waals surface area contributed by atoms with Crippen LogP contribution in [0.4, 0.5) is 17.2 Å². The number of carboxylic acids is 1. The summed E-state index contributed by atoms with van der Waals surface area (Å²) in [6.07, 6.45) is 1.75. The molecule has 0 aliphatic rings. The van der Waals surface area contributed by atoms with E-state index in [4.69, 9.17) is 10.8 Å². The summed E-state index contributed by atoms with van der Waals surface area (Å²) in [4.78, 5) is 31.5. The first-order valence-electron chi connectivity index (χ1n) is 8.96. The van der Waals surface area contributed by atoms with Crippen molar-refractivity contribution in [3.05, 3.63) is 54.9 Å². The Morgan fingerprint density at radius 3 is 2.66 bits per heavy atom. The topological polar surface area (TPSA) is 130 Å². The largest absolute Gasteiger partial charge is 0.480 e. The molecule has 1 atom stereocenters. The van der Waals surface area contributed by atoms with Crippen LogP contribution in [0, 0.1) is 0 Å². The molecule has 3 rings (SSSR count). The Hall–Kier alpha value is -3.17. The van der Waals surface area contributed by atoms with Gasteiger partial charge in [-0.05, 0) is 30.3 Å². The molecule has 2 aromatic carbocycles. The van der Waals surface area contributed by atoms with Crippen LogP contribution in [0.5, 0.6) is 0 Å². The Bertz CT molecular complexity index is 1000. The number of hydrogen-bond acceptors (Lipinski definition) is 7. The molecule has 9 heteroatoms. The van der Waals surface area contributed by atoms with Crippen molar-refractivity contribution in [3.8, 4) is 0 Å². The number of carboxylic acid groups (broad SMARTS) is 1. The van der Waals surface area contributed by atoms with Crippen LogP contribution in [0.1, 0.15) is 6.42 Å². The Morgan fingerprint density at radius 1 is 1.10 bits per heavy atom. The average Bonchev–Trinajstić information content (AvgIpc) is 2.72. The molecular weight excluding hydrogens is 390 g/mol. The first-order chi connectivity index (χ1) is 14.0. The van der Waals surface area contributed by atoms with Crippen molar-refractivity contribution in [3.63, 3.8) is 0 Å². The fraction of sp³-hybridized carbons (Fsp3) is 0.200. The molecule has 0 spiro atoms. The van der Waals surface area contributed by atoms with E-state index >= 15 is 0 Å². The summed E-state index contributed by atoms with van der Waals surface area (Å²) in [5.41, 5.74) is 7.74. The van der Waals surface area contributed by atoms with Gasteiger partial charge in [-0.3, -0.25) is 9.59 Å². The van der Waals surface area contributed by atoms with E-state index in [2.05, 4.69) is 20.6 Å². The summed E-state index contributed by atoms with van der Waals surface area (Å²) in [7, 11) is 0. The minimum atomic E-state index is -1.04. The van der Waals surface area contributed by atoms with Gasteiger partial charge < -0.3 is 21.5 Å². The van der Waals surface area contributed by atoms with Crippen molar-refractivity contribution in [1.82, 2.24) is 9.97 Å². The number of rotatable bonds is 9. The van der Waals surface area contributed by atoms with Crippen molar-refractivity contribution in [2.24, 2.45) is 5.73 Å².